The normalized spacial score (nSPS) is 12.4. The van der Waals surface area contributed by atoms with Gasteiger partial charge in [0.25, 0.3) is 58.5 Å². The first-order valence-corrected chi connectivity index (χ1v) is 45.8. The molecule has 0 aliphatic rings. The Morgan fingerprint density at radius 1 is 0.333 bits per heavy atom. The SMILES string of the molecule is CC(C)(C)c1ccc(S(=O)(=O)Nc2cc(C(F)F)nn2-c2cccc3c2ccc[n+]3O)cc1.CC(C)(C)c1ccc(S(=O)(=O)Nc2cc(C(F)F)nn2-c2cccc3ncccc23)cc1.Cc1cc(NS(=O)(=O)c2ccc(C(C)(C)C)cc2)n(-c2cccc3c2ccc[n+]3C)n1.Cc1cc(NS(=O)(=O)c2ccc(C(C)(C)C)cc2)n(-c2cccc3ncccc23)n1. The molecule has 8 heterocycles. The molecule has 0 saturated carbocycles. The van der Waals surface area contributed by atoms with Gasteiger partial charge in [0.1, 0.15) is 41.7 Å². The van der Waals surface area contributed by atoms with E-state index in [1.807, 2.05) is 158 Å². The first kappa shape index (κ1) is 90.5. The third-order valence-corrected chi connectivity index (χ3v) is 26.1. The fourth-order valence-electron chi connectivity index (χ4n) is 13.9. The van der Waals surface area contributed by atoms with Crippen LogP contribution in [0.3, 0.4) is 0 Å². The summed E-state index contributed by atoms with van der Waals surface area (Å²) in [6.07, 6.45) is 0.975. The summed E-state index contributed by atoms with van der Waals surface area (Å²) in [5, 5.41) is 30.1. The molecule has 33 heteroatoms. The van der Waals surface area contributed by atoms with Gasteiger partial charge >= 0.3 is 0 Å². The van der Waals surface area contributed by atoms with Crippen molar-refractivity contribution in [3.8, 4) is 22.7 Å². The average molecular weight is 1790 g/mol. The van der Waals surface area contributed by atoms with Crippen LogP contribution in [-0.2, 0) is 68.8 Å². The number of hydrogen-bond donors (Lipinski definition) is 5. The van der Waals surface area contributed by atoms with E-state index in [2.05, 4.69) is 90.8 Å². The van der Waals surface area contributed by atoms with Gasteiger partial charge in [-0.2, -0.15) is 20.4 Å². The van der Waals surface area contributed by atoms with Crippen LogP contribution in [0.4, 0.5) is 40.8 Å². The molecule has 0 aliphatic carbocycles. The first-order valence-electron chi connectivity index (χ1n) is 39.9. The smallest absolute Gasteiger partial charge is 0.282 e. The molecular weight excluding hydrogens is 1690 g/mol. The van der Waals surface area contributed by atoms with Gasteiger partial charge in [-0.25, -0.2) is 74.5 Å². The highest BCUT2D eigenvalue weighted by Gasteiger charge is 2.30. The minimum Gasteiger partial charge on any atom is -0.285 e. The molecule has 25 nitrogen and oxygen atoms in total. The summed E-state index contributed by atoms with van der Waals surface area (Å²) >= 11 is 0. The third-order valence-electron chi connectivity index (χ3n) is 20.6. The zero-order valence-electron chi connectivity index (χ0n) is 71.8. The Balaban J connectivity index is 0.000000144. The molecule has 0 amide bonds. The maximum Gasteiger partial charge on any atom is 0.282 e. The van der Waals surface area contributed by atoms with Crippen LogP contribution in [0.1, 0.15) is 141 Å². The Bertz CT molecular complexity index is 7200. The van der Waals surface area contributed by atoms with Crippen LogP contribution in [0.5, 0.6) is 0 Å². The summed E-state index contributed by atoms with van der Waals surface area (Å²) < 4.78 is 177. The number of alkyl halides is 4. The number of anilines is 4. The lowest BCUT2D eigenvalue weighted by molar-refractivity contribution is -0.884. The summed E-state index contributed by atoms with van der Waals surface area (Å²) in [7, 11) is -13.7. The standard InChI is InChI=1S/C24H27N4O2S.C23H23F2N4O3S.C23H22F2N4O2S.C23H24N4O2S/c1-17-16-23(26-31(29,30)19-13-11-18(12-14-19)24(2,3)4)28(25-17)22-10-6-9-21-20(22)8-7-15-27(21)5;1-23(2,3)15-9-11-16(12-10-15)33(31,32)27-21-14-18(22(24)25)26-29(21)20-8-4-7-19-17(20)6-5-13-28(19)30;1-23(2,3)15-9-11-16(12-10-15)32(30,31)28-21-14-19(22(24)25)27-29(21)20-8-4-7-18-17(20)6-5-13-26-18;1-16-15-22(26-30(28,29)18-12-10-17(11-13-18)23(2,3)4)27(25-16)21-9-5-8-20-19(21)7-6-14-24-20/h6-16,26H,1-5H3;4-14,22,27,30H,1-3H3;4-14,22,28H,1-3H3;5-15,26H,1-4H3/q2*+1;;. The van der Waals surface area contributed by atoms with Gasteiger partial charge in [-0.1, -0.05) is 156 Å². The molecule has 0 fully saturated rings. The van der Waals surface area contributed by atoms with Crippen molar-refractivity contribution in [2.24, 2.45) is 7.05 Å². The number of hydrogen-bond acceptors (Lipinski definition) is 15. The number of rotatable bonds is 18. The highest BCUT2D eigenvalue weighted by molar-refractivity contribution is 7.93. The molecule has 0 spiro atoms. The molecule has 5 N–H and O–H groups in total. The molecule has 8 aromatic carbocycles. The van der Waals surface area contributed by atoms with Gasteiger partial charge in [0.2, 0.25) is 11.7 Å². The molecule has 126 heavy (non-hydrogen) atoms. The van der Waals surface area contributed by atoms with Gasteiger partial charge < -0.3 is 0 Å². The van der Waals surface area contributed by atoms with E-state index in [9.17, 15) is 56.4 Å². The molecule has 16 aromatic rings. The van der Waals surface area contributed by atoms with Crippen LogP contribution >= 0.6 is 0 Å². The maximum absolute atomic E-state index is 13.5. The zero-order chi connectivity index (χ0) is 91.0. The monoisotopic (exact) mass is 1780 g/mol. The van der Waals surface area contributed by atoms with E-state index in [0.717, 1.165) is 82.7 Å². The quantitative estimate of drug-likeness (QED) is 0.0303. The minimum absolute atomic E-state index is 0.00651. The highest BCUT2D eigenvalue weighted by Crippen LogP contribution is 2.36. The van der Waals surface area contributed by atoms with Crippen molar-refractivity contribution in [2.45, 2.75) is 151 Å². The van der Waals surface area contributed by atoms with E-state index in [-0.39, 0.29) is 52.9 Å². The van der Waals surface area contributed by atoms with E-state index in [0.29, 0.717) is 50.5 Å². The average Bonchev–Trinajstić information content (AvgIpc) is 1.62. The van der Waals surface area contributed by atoms with Crippen molar-refractivity contribution in [2.75, 3.05) is 18.9 Å². The summed E-state index contributed by atoms with van der Waals surface area (Å²) in [6, 6.07) is 68.5. The van der Waals surface area contributed by atoms with Crippen LogP contribution in [0.25, 0.3) is 66.4 Å². The van der Waals surface area contributed by atoms with Crippen LogP contribution in [0.2, 0.25) is 0 Å². The Labute approximate surface area is 729 Å². The summed E-state index contributed by atoms with van der Waals surface area (Å²) in [4.78, 5) is 9.08. The molecule has 8 aromatic heterocycles. The number of nitrogens with one attached hydrogen (secondary N) is 4. The van der Waals surface area contributed by atoms with Crippen molar-refractivity contribution >= 4 is 107 Å². The predicted molar refractivity (Wildman–Crippen MR) is 482 cm³/mol. The number of benzene rings is 8. The van der Waals surface area contributed by atoms with Crippen LogP contribution in [0, 0.1) is 13.8 Å². The lowest BCUT2D eigenvalue weighted by Crippen LogP contribution is -2.30. The molecule has 0 saturated heterocycles. The van der Waals surface area contributed by atoms with Gasteiger partial charge in [-0.05, 0) is 179 Å². The number of nitrogens with zero attached hydrogens (tertiary/aromatic N) is 12. The van der Waals surface area contributed by atoms with E-state index < -0.39 is 64.3 Å². The van der Waals surface area contributed by atoms with Gasteiger partial charge in [0.05, 0.1) is 75.5 Å². The Hall–Kier alpha value is -13.2. The van der Waals surface area contributed by atoms with Crippen molar-refractivity contribution in [3.05, 3.63) is 312 Å². The van der Waals surface area contributed by atoms with Crippen LogP contribution in [0.15, 0.2) is 287 Å². The number of aromatic nitrogens is 12. The second-order valence-electron chi connectivity index (χ2n) is 34.1. The van der Waals surface area contributed by atoms with Crippen molar-refractivity contribution < 1.29 is 65.7 Å². The lowest BCUT2D eigenvalue weighted by Gasteiger charge is -2.19. The number of halogens is 4. The molecule has 0 aliphatic heterocycles. The lowest BCUT2D eigenvalue weighted by atomic mass is 9.87. The molecule has 0 radical (unpaired) electrons. The Morgan fingerprint density at radius 3 is 0.937 bits per heavy atom. The van der Waals surface area contributed by atoms with E-state index in [4.69, 9.17) is 0 Å². The minimum atomic E-state index is -4.09. The fraction of sp³-hybridized carbons (Fsp3) is 0.226. The zero-order valence-corrected chi connectivity index (χ0v) is 75.0. The van der Waals surface area contributed by atoms with E-state index in [1.165, 1.54) is 35.1 Å². The second kappa shape index (κ2) is 35.4. The van der Waals surface area contributed by atoms with Gasteiger partial charge in [0, 0.05) is 76.4 Å². The Kier molecular flexibility index (Phi) is 25.4. The second-order valence-corrected chi connectivity index (χ2v) is 40.8. The molecular formula is C93H96F4N16O9S4+2. The van der Waals surface area contributed by atoms with Crippen molar-refractivity contribution in [1.82, 2.24) is 49.1 Å². The number of aryl methyl sites for hydroxylation is 3. The molecule has 0 unspecified atom stereocenters. The van der Waals surface area contributed by atoms with E-state index in [1.54, 1.807) is 143 Å². The number of sulfonamides is 4. The van der Waals surface area contributed by atoms with Gasteiger partial charge in [-0.3, -0.25) is 34.1 Å². The van der Waals surface area contributed by atoms with Crippen molar-refractivity contribution in [1.29, 1.82) is 0 Å². The summed E-state index contributed by atoms with van der Waals surface area (Å²) in [5.41, 5.74) is 9.21. The van der Waals surface area contributed by atoms with Crippen LogP contribution in [-0.4, -0.2) is 88.0 Å². The highest BCUT2D eigenvalue weighted by atomic mass is 32.2. The molecule has 652 valence electrons. The Morgan fingerprint density at radius 2 is 0.611 bits per heavy atom. The number of pyridine rings is 4. The molecule has 0 atom stereocenters. The topological polar surface area (TPSA) is 310 Å². The number of fused-ring (bicyclic) bond motifs is 4. The van der Waals surface area contributed by atoms with Gasteiger partial charge in [0.15, 0.2) is 6.20 Å². The van der Waals surface area contributed by atoms with Crippen LogP contribution < -0.4 is 28.2 Å². The summed E-state index contributed by atoms with van der Waals surface area (Å²) in [6.45, 7) is 28.4. The first-order chi connectivity index (χ1) is 59.2. The maximum atomic E-state index is 13.5. The molecule has 0 bridgehead atoms. The third kappa shape index (κ3) is 20.2. The van der Waals surface area contributed by atoms with E-state index >= 15 is 0 Å². The fourth-order valence-corrected chi connectivity index (χ4v) is 18.0. The van der Waals surface area contributed by atoms with Crippen molar-refractivity contribution in [3.63, 3.8) is 0 Å². The summed E-state index contributed by atoms with van der Waals surface area (Å²) in [5.74, 6) is 0.544. The molecule has 16 rings (SSSR count). The largest absolute Gasteiger partial charge is 0.285 e. The predicted octanol–water partition coefficient (Wildman–Crippen LogP) is 19.1. The van der Waals surface area contributed by atoms with Gasteiger partial charge in [-0.15, -0.1) is 0 Å².